The topological polar surface area (TPSA) is 78.0 Å². The number of carbonyl (C=O) groups excluding carboxylic acids is 1. The van der Waals surface area contributed by atoms with E-state index in [9.17, 15) is 9.90 Å². The van der Waals surface area contributed by atoms with Gasteiger partial charge < -0.3 is 15.4 Å². The number of nitrogens with one attached hydrogen (secondary N) is 2. The molecule has 0 fully saturated rings. The van der Waals surface area contributed by atoms with Gasteiger partial charge >= 0.3 is 0 Å². The van der Waals surface area contributed by atoms with Crippen LogP contribution in [0.5, 0.6) is 5.75 Å². The summed E-state index contributed by atoms with van der Waals surface area (Å²) in [6, 6.07) is 12.4. The Morgan fingerprint density at radius 2 is 2.10 bits per heavy atom. The number of para-hydroxylation sites is 2. The van der Waals surface area contributed by atoms with Crippen LogP contribution >= 0.6 is 15.9 Å². The molecule has 0 radical (unpaired) electrons. The third-order valence-corrected chi connectivity index (χ3v) is 3.73. The lowest BCUT2D eigenvalue weighted by Gasteiger charge is -2.04. The molecule has 3 aromatic rings. The van der Waals surface area contributed by atoms with E-state index >= 15 is 0 Å². The van der Waals surface area contributed by atoms with E-state index in [1.54, 1.807) is 12.1 Å². The molecule has 106 valence electrons. The van der Waals surface area contributed by atoms with Crippen LogP contribution in [0.3, 0.4) is 0 Å². The number of phenols is 1. The van der Waals surface area contributed by atoms with Crippen LogP contribution in [0.25, 0.3) is 11.0 Å². The average Bonchev–Trinajstić information content (AvgIpc) is 2.90. The van der Waals surface area contributed by atoms with Crippen molar-refractivity contribution in [3.63, 3.8) is 0 Å². The zero-order valence-corrected chi connectivity index (χ0v) is 12.5. The maximum atomic E-state index is 12.0. The minimum atomic E-state index is -0.266. The number of phenolic OH excluding ortho intramolecular Hbond substituents is 1. The number of aromatic hydroxyl groups is 1. The van der Waals surface area contributed by atoms with Crippen molar-refractivity contribution in [3.05, 3.63) is 58.3 Å². The highest BCUT2D eigenvalue weighted by atomic mass is 79.9. The molecule has 0 bridgehead atoms. The number of rotatable bonds is 3. The number of hydrogen-bond donors (Lipinski definition) is 3. The maximum Gasteiger partial charge on any atom is 0.251 e. The Hall–Kier alpha value is -2.34. The summed E-state index contributed by atoms with van der Waals surface area (Å²) in [7, 11) is 0. The number of amides is 1. The van der Waals surface area contributed by atoms with Crippen molar-refractivity contribution < 1.29 is 9.90 Å². The van der Waals surface area contributed by atoms with Gasteiger partial charge in [-0.2, -0.15) is 0 Å². The second-order valence-corrected chi connectivity index (χ2v) is 5.40. The molecule has 1 amide bonds. The molecular weight excluding hydrogens is 334 g/mol. The van der Waals surface area contributed by atoms with Gasteiger partial charge in [-0.1, -0.05) is 12.1 Å². The van der Waals surface area contributed by atoms with Crippen molar-refractivity contribution in [2.24, 2.45) is 0 Å². The molecular formula is C15H12BrN3O2. The van der Waals surface area contributed by atoms with Gasteiger partial charge in [0.05, 0.1) is 22.1 Å². The van der Waals surface area contributed by atoms with Gasteiger partial charge in [0.2, 0.25) is 0 Å². The molecule has 0 aliphatic heterocycles. The zero-order valence-electron chi connectivity index (χ0n) is 10.9. The van der Waals surface area contributed by atoms with Crippen LogP contribution < -0.4 is 5.32 Å². The van der Waals surface area contributed by atoms with Crippen molar-refractivity contribution in [2.45, 2.75) is 6.54 Å². The normalized spacial score (nSPS) is 10.7. The molecule has 0 aliphatic carbocycles. The third kappa shape index (κ3) is 2.90. The third-order valence-electron chi connectivity index (χ3n) is 3.06. The number of imidazole rings is 1. The van der Waals surface area contributed by atoms with E-state index in [1.165, 1.54) is 6.07 Å². The second kappa shape index (κ2) is 5.57. The van der Waals surface area contributed by atoms with Crippen LogP contribution in [0.1, 0.15) is 16.2 Å². The van der Waals surface area contributed by atoms with E-state index in [4.69, 9.17) is 0 Å². The molecule has 0 saturated heterocycles. The van der Waals surface area contributed by atoms with Crippen LogP contribution in [0, 0.1) is 0 Å². The minimum Gasteiger partial charge on any atom is -0.507 e. The SMILES string of the molecule is O=C(NCc1nc2ccccc2[nH]1)c1ccc(Br)c(O)c1. The minimum absolute atomic E-state index is 0.0337. The Labute approximate surface area is 129 Å². The summed E-state index contributed by atoms with van der Waals surface area (Å²) in [4.78, 5) is 19.5. The van der Waals surface area contributed by atoms with Crippen molar-refractivity contribution in [3.8, 4) is 5.75 Å². The maximum absolute atomic E-state index is 12.0. The fourth-order valence-electron chi connectivity index (χ4n) is 2.01. The van der Waals surface area contributed by atoms with Gasteiger partial charge in [0.15, 0.2) is 0 Å². The molecule has 1 heterocycles. The molecule has 2 aromatic carbocycles. The highest BCUT2D eigenvalue weighted by Gasteiger charge is 2.09. The van der Waals surface area contributed by atoms with Gasteiger partial charge in [0.1, 0.15) is 11.6 Å². The van der Waals surface area contributed by atoms with Gasteiger partial charge in [-0.25, -0.2) is 4.98 Å². The molecule has 0 atom stereocenters. The number of H-pyrrole nitrogens is 1. The fraction of sp³-hybridized carbons (Fsp3) is 0.0667. The molecule has 0 unspecified atom stereocenters. The quantitative estimate of drug-likeness (QED) is 0.682. The lowest BCUT2D eigenvalue weighted by molar-refractivity contribution is 0.0949. The predicted octanol–water partition coefficient (Wildman–Crippen LogP) is 2.96. The Morgan fingerprint density at radius 1 is 1.29 bits per heavy atom. The summed E-state index contributed by atoms with van der Waals surface area (Å²) in [6.45, 7) is 0.296. The van der Waals surface area contributed by atoms with Gasteiger partial charge in [-0.15, -0.1) is 0 Å². The number of nitrogens with zero attached hydrogens (tertiary/aromatic N) is 1. The molecule has 1 aromatic heterocycles. The smallest absolute Gasteiger partial charge is 0.251 e. The van der Waals surface area contributed by atoms with Crippen molar-refractivity contribution in [1.29, 1.82) is 0 Å². The number of halogens is 1. The molecule has 5 nitrogen and oxygen atoms in total. The van der Waals surface area contributed by atoms with E-state index in [0.29, 0.717) is 22.4 Å². The molecule has 3 N–H and O–H groups in total. The van der Waals surface area contributed by atoms with Crippen LogP contribution in [-0.4, -0.2) is 21.0 Å². The predicted molar refractivity (Wildman–Crippen MR) is 83.1 cm³/mol. The molecule has 0 aliphatic rings. The molecule has 0 saturated carbocycles. The first-order valence-electron chi connectivity index (χ1n) is 6.34. The Balaban J connectivity index is 1.71. The van der Waals surface area contributed by atoms with E-state index in [2.05, 4.69) is 31.2 Å². The van der Waals surface area contributed by atoms with Crippen molar-refractivity contribution >= 4 is 32.9 Å². The first-order valence-corrected chi connectivity index (χ1v) is 7.13. The Bertz CT molecular complexity index is 781. The first kappa shape index (κ1) is 13.6. The van der Waals surface area contributed by atoms with E-state index in [1.807, 2.05) is 24.3 Å². The van der Waals surface area contributed by atoms with E-state index in [-0.39, 0.29) is 11.7 Å². The number of carbonyl (C=O) groups is 1. The largest absolute Gasteiger partial charge is 0.507 e. The summed E-state index contributed by atoms with van der Waals surface area (Å²) in [5.41, 5.74) is 2.19. The molecule has 21 heavy (non-hydrogen) atoms. The summed E-state index contributed by atoms with van der Waals surface area (Å²) >= 11 is 3.18. The summed E-state index contributed by atoms with van der Waals surface area (Å²) in [5, 5.41) is 12.3. The molecule has 0 spiro atoms. The van der Waals surface area contributed by atoms with Crippen molar-refractivity contribution in [2.75, 3.05) is 0 Å². The fourth-order valence-corrected chi connectivity index (χ4v) is 2.26. The molecule has 3 rings (SSSR count). The van der Waals surface area contributed by atoms with Gasteiger partial charge in [-0.3, -0.25) is 4.79 Å². The lowest BCUT2D eigenvalue weighted by Crippen LogP contribution is -2.23. The van der Waals surface area contributed by atoms with Gasteiger partial charge in [0, 0.05) is 5.56 Å². The second-order valence-electron chi connectivity index (χ2n) is 4.55. The Morgan fingerprint density at radius 3 is 2.86 bits per heavy atom. The van der Waals surface area contributed by atoms with Gasteiger partial charge in [0.25, 0.3) is 5.91 Å². The summed E-state index contributed by atoms with van der Waals surface area (Å²) in [6.07, 6.45) is 0. The van der Waals surface area contributed by atoms with Crippen LogP contribution in [0.4, 0.5) is 0 Å². The van der Waals surface area contributed by atoms with Crippen LogP contribution in [0.2, 0.25) is 0 Å². The summed E-state index contributed by atoms with van der Waals surface area (Å²) in [5.74, 6) is 0.454. The Kier molecular flexibility index (Phi) is 3.62. The number of fused-ring (bicyclic) bond motifs is 1. The highest BCUT2D eigenvalue weighted by molar-refractivity contribution is 9.10. The van der Waals surface area contributed by atoms with Crippen molar-refractivity contribution in [1.82, 2.24) is 15.3 Å². The first-order chi connectivity index (χ1) is 10.1. The average molecular weight is 346 g/mol. The zero-order chi connectivity index (χ0) is 14.8. The number of hydrogen-bond acceptors (Lipinski definition) is 3. The van der Waals surface area contributed by atoms with E-state index in [0.717, 1.165) is 11.0 Å². The highest BCUT2D eigenvalue weighted by Crippen LogP contribution is 2.24. The standard InChI is InChI=1S/C15H12BrN3O2/c16-10-6-5-9(7-13(10)20)15(21)17-8-14-18-11-3-1-2-4-12(11)19-14/h1-7,20H,8H2,(H,17,21)(H,18,19). The number of aromatic nitrogens is 2. The monoisotopic (exact) mass is 345 g/mol. The lowest BCUT2D eigenvalue weighted by atomic mass is 10.2. The summed E-state index contributed by atoms with van der Waals surface area (Å²) < 4.78 is 0.552. The molecule has 6 heteroatoms. The number of benzene rings is 2. The van der Waals surface area contributed by atoms with Crippen LogP contribution in [-0.2, 0) is 6.54 Å². The van der Waals surface area contributed by atoms with E-state index < -0.39 is 0 Å². The van der Waals surface area contributed by atoms with Crippen LogP contribution in [0.15, 0.2) is 46.9 Å². The number of aromatic amines is 1. The van der Waals surface area contributed by atoms with Gasteiger partial charge in [-0.05, 0) is 46.3 Å².